The van der Waals surface area contributed by atoms with Crippen LogP contribution in [0.4, 0.5) is 0 Å². The summed E-state index contributed by atoms with van der Waals surface area (Å²) in [5.41, 5.74) is 6.78. The van der Waals surface area contributed by atoms with E-state index in [1.165, 1.54) is 0 Å². The van der Waals surface area contributed by atoms with E-state index < -0.39 is 0 Å². The van der Waals surface area contributed by atoms with E-state index in [0.717, 1.165) is 40.2 Å². The molecule has 9 nitrogen and oxygen atoms in total. The molecule has 0 bridgehead atoms. The van der Waals surface area contributed by atoms with Crippen LogP contribution in [0, 0.1) is 0 Å². The van der Waals surface area contributed by atoms with Crippen molar-refractivity contribution in [3.05, 3.63) is 65.5 Å². The number of H-pyrrole nitrogens is 1. The van der Waals surface area contributed by atoms with Crippen LogP contribution in [0.5, 0.6) is 0 Å². The maximum Gasteiger partial charge on any atom is 0.263 e. The van der Waals surface area contributed by atoms with Gasteiger partial charge >= 0.3 is 0 Å². The molecule has 2 aliphatic heterocycles. The number of hydrogen-bond donors (Lipinski definition) is 2. The van der Waals surface area contributed by atoms with Crippen molar-refractivity contribution in [2.24, 2.45) is 5.16 Å². The Morgan fingerprint density at radius 2 is 2.03 bits per heavy atom. The lowest BCUT2D eigenvalue weighted by Crippen LogP contribution is -2.42. The van der Waals surface area contributed by atoms with Crippen LogP contribution in [0.25, 0.3) is 22.5 Å². The molecule has 0 unspecified atom stereocenters. The number of fused-ring (bicyclic) bond motifs is 1. The second kappa shape index (κ2) is 10.1. The van der Waals surface area contributed by atoms with Crippen LogP contribution in [-0.4, -0.2) is 71.8 Å². The van der Waals surface area contributed by atoms with Crippen LogP contribution in [0.3, 0.4) is 0 Å². The van der Waals surface area contributed by atoms with Gasteiger partial charge in [-0.15, -0.1) is 0 Å². The summed E-state index contributed by atoms with van der Waals surface area (Å²) in [4.78, 5) is 39.3. The van der Waals surface area contributed by atoms with E-state index in [9.17, 15) is 9.59 Å². The first kappa shape index (κ1) is 22.8. The SMILES string of the molecule is CC(=NOCC(=O)N1CCOCC1)c1cccc(-c2cc(-c3cc4c([nH]3)CCNC4=O)ccn2)c1. The minimum absolute atomic E-state index is 0.0423. The van der Waals surface area contributed by atoms with Gasteiger partial charge in [-0.2, -0.15) is 0 Å². The predicted octanol–water partition coefficient (Wildman–Crippen LogP) is 2.63. The Hall–Kier alpha value is -3.98. The highest BCUT2D eigenvalue weighted by atomic mass is 16.6. The molecule has 5 rings (SSSR count). The molecule has 2 N–H and O–H groups in total. The molecule has 1 aromatic carbocycles. The van der Waals surface area contributed by atoms with Crippen molar-refractivity contribution in [2.45, 2.75) is 13.3 Å². The Balaban J connectivity index is 1.30. The largest absolute Gasteiger partial charge is 0.385 e. The van der Waals surface area contributed by atoms with Gasteiger partial charge in [0.05, 0.1) is 30.2 Å². The highest BCUT2D eigenvalue weighted by Gasteiger charge is 2.20. The van der Waals surface area contributed by atoms with Gasteiger partial charge in [0, 0.05) is 54.8 Å². The van der Waals surface area contributed by atoms with E-state index in [1.54, 1.807) is 11.1 Å². The number of aromatic nitrogens is 2. The third-order valence-electron chi connectivity index (χ3n) is 6.20. The first-order valence-corrected chi connectivity index (χ1v) is 11.7. The Kier molecular flexibility index (Phi) is 6.58. The molecule has 2 amide bonds. The van der Waals surface area contributed by atoms with E-state index in [-0.39, 0.29) is 18.4 Å². The molecule has 0 atom stereocenters. The number of aromatic amines is 1. The zero-order valence-corrected chi connectivity index (χ0v) is 19.5. The molecule has 180 valence electrons. The maximum atomic E-state index is 12.2. The number of carbonyl (C=O) groups excluding carboxylic acids is 2. The minimum atomic E-state index is -0.0984. The zero-order chi connectivity index (χ0) is 24.2. The molecule has 0 aliphatic carbocycles. The number of oxime groups is 1. The summed E-state index contributed by atoms with van der Waals surface area (Å²) in [5.74, 6) is -0.137. The topological polar surface area (TPSA) is 109 Å². The number of ether oxygens (including phenoxy) is 1. The van der Waals surface area contributed by atoms with Gasteiger partial charge < -0.3 is 24.8 Å². The van der Waals surface area contributed by atoms with Crippen molar-refractivity contribution in [1.82, 2.24) is 20.2 Å². The summed E-state index contributed by atoms with van der Waals surface area (Å²) in [6, 6.07) is 13.7. The average Bonchev–Trinajstić information content (AvgIpc) is 3.35. The van der Waals surface area contributed by atoms with Crippen LogP contribution < -0.4 is 5.32 Å². The Labute approximate surface area is 203 Å². The fourth-order valence-electron chi connectivity index (χ4n) is 4.25. The van der Waals surface area contributed by atoms with Crippen molar-refractivity contribution in [3.8, 4) is 22.5 Å². The second-order valence-electron chi connectivity index (χ2n) is 8.53. The quantitative estimate of drug-likeness (QED) is 0.423. The lowest BCUT2D eigenvalue weighted by molar-refractivity contribution is -0.140. The van der Waals surface area contributed by atoms with E-state index in [4.69, 9.17) is 9.57 Å². The highest BCUT2D eigenvalue weighted by Crippen LogP contribution is 2.27. The molecule has 0 saturated carbocycles. The van der Waals surface area contributed by atoms with E-state index in [1.807, 2.05) is 49.4 Å². The summed E-state index contributed by atoms with van der Waals surface area (Å²) in [6.45, 7) is 4.66. The summed E-state index contributed by atoms with van der Waals surface area (Å²) in [5, 5.41) is 7.02. The normalized spacial score (nSPS) is 16.0. The summed E-state index contributed by atoms with van der Waals surface area (Å²) in [7, 11) is 0. The molecular formula is C26H27N5O4. The van der Waals surface area contributed by atoms with Crippen LogP contribution in [0.2, 0.25) is 0 Å². The van der Waals surface area contributed by atoms with Crippen molar-refractivity contribution >= 4 is 17.5 Å². The lowest BCUT2D eigenvalue weighted by atomic mass is 10.0. The maximum absolute atomic E-state index is 12.2. The van der Waals surface area contributed by atoms with Gasteiger partial charge in [-0.3, -0.25) is 14.6 Å². The van der Waals surface area contributed by atoms with Crippen LogP contribution in [0.1, 0.15) is 28.5 Å². The third-order valence-corrected chi connectivity index (χ3v) is 6.20. The molecule has 1 saturated heterocycles. The van der Waals surface area contributed by atoms with Gasteiger partial charge in [0.25, 0.3) is 11.8 Å². The van der Waals surface area contributed by atoms with Gasteiger partial charge in [-0.25, -0.2) is 0 Å². The van der Waals surface area contributed by atoms with E-state index >= 15 is 0 Å². The van der Waals surface area contributed by atoms with Crippen LogP contribution in [-0.2, 0) is 20.8 Å². The smallest absolute Gasteiger partial charge is 0.263 e. The fourth-order valence-corrected chi connectivity index (χ4v) is 4.25. The average molecular weight is 474 g/mol. The number of hydrogen-bond acceptors (Lipinski definition) is 6. The number of pyridine rings is 1. The lowest BCUT2D eigenvalue weighted by Gasteiger charge is -2.26. The monoisotopic (exact) mass is 473 g/mol. The molecule has 35 heavy (non-hydrogen) atoms. The Bertz CT molecular complexity index is 1280. The zero-order valence-electron chi connectivity index (χ0n) is 19.5. The number of morpholine rings is 1. The number of nitrogens with zero attached hydrogens (tertiary/aromatic N) is 3. The van der Waals surface area contributed by atoms with Crippen molar-refractivity contribution in [2.75, 3.05) is 39.5 Å². The molecule has 4 heterocycles. The number of rotatable bonds is 6. The molecule has 9 heteroatoms. The van der Waals surface area contributed by atoms with Gasteiger partial charge in [0.15, 0.2) is 6.61 Å². The highest BCUT2D eigenvalue weighted by molar-refractivity contribution is 5.99. The third kappa shape index (κ3) is 5.09. The number of carbonyl (C=O) groups is 2. The summed E-state index contributed by atoms with van der Waals surface area (Å²) < 4.78 is 5.27. The molecule has 3 aromatic rings. The Morgan fingerprint density at radius 3 is 2.86 bits per heavy atom. The fraction of sp³-hybridized carbons (Fsp3) is 0.308. The van der Waals surface area contributed by atoms with E-state index in [2.05, 4.69) is 20.4 Å². The Morgan fingerprint density at radius 1 is 1.17 bits per heavy atom. The molecule has 0 spiro atoms. The van der Waals surface area contributed by atoms with Gasteiger partial charge in [0.2, 0.25) is 0 Å². The summed E-state index contributed by atoms with van der Waals surface area (Å²) in [6.07, 6.45) is 2.55. The molecule has 2 aliphatic rings. The number of benzene rings is 1. The number of nitrogens with one attached hydrogen (secondary N) is 2. The van der Waals surface area contributed by atoms with Crippen molar-refractivity contribution in [1.29, 1.82) is 0 Å². The van der Waals surface area contributed by atoms with Crippen LogP contribution >= 0.6 is 0 Å². The first-order chi connectivity index (χ1) is 17.1. The predicted molar refractivity (Wildman–Crippen MR) is 131 cm³/mol. The second-order valence-corrected chi connectivity index (χ2v) is 8.53. The standard InChI is InChI=1S/C26H27N5O4/c1-17(30-35-16-25(32)31-9-11-34-12-10-31)18-3-2-4-19(13-18)23-14-20(5-7-27-23)24-15-21-22(29-24)6-8-28-26(21)33/h2-5,7,13-15,29H,6,8-12,16H2,1H3,(H,28,33). The molecular weight excluding hydrogens is 446 g/mol. The van der Waals surface area contributed by atoms with Crippen LogP contribution in [0.15, 0.2) is 53.8 Å². The van der Waals surface area contributed by atoms with Gasteiger partial charge in [-0.05, 0) is 36.8 Å². The van der Waals surface area contributed by atoms with Crippen molar-refractivity contribution in [3.63, 3.8) is 0 Å². The van der Waals surface area contributed by atoms with Gasteiger partial charge in [0.1, 0.15) is 0 Å². The molecule has 0 radical (unpaired) electrons. The molecule has 2 aromatic heterocycles. The molecule has 1 fully saturated rings. The minimum Gasteiger partial charge on any atom is -0.385 e. The van der Waals surface area contributed by atoms with Gasteiger partial charge in [-0.1, -0.05) is 23.4 Å². The summed E-state index contributed by atoms with van der Waals surface area (Å²) >= 11 is 0. The number of amides is 2. The van der Waals surface area contributed by atoms with E-state index in [0.29, 0.717) is 44.1 Å². The van der Waals surface area contributed by atoms with Crippen molar-refractivity contribution < 1.29 is 19.2 Å². The first-order valence-electron chi connectivity index (χ1n) is 11.7.